The molecule has 2 rings (SSSR count). The number of halogens is 2. The Balaban J connectivity index is 2.03. The fourth-order valence-electron chi connectivity index (χ4n) is 1.91. The van der Waals surface area contributed by atoms with Crippen LogP contribution in [-0.2, 0) is 0 Å². The Labute approximate surface area is 98.2 Å². The number of amides is 1. The van der Waals surface area contributed by atoms with Gasteiger partial charge < -0.3 is 10.6 Å². The second-order valence-electron chi connectivity index (χ2n) is 4.14. The molecule has 0 saturated carbocycles. The number of hydrogen-bond donors (Lipinski definition) is 2. The zero-order valence-electron chi connectivity index (χ0n) is 9.30. The highest BCUT2D eigenvalue weighted by Crippen LogP contribution is 2.10. The predicted molar refractivity (Wildman–Crippen MR) is 59.7 cm³/mol. The molecule has 1 aliphatic heterocycles. The van der Waals surface area contributed by atoms with Crippen molar-refractivity contribution in [1.29, 1.82) is 0 Å². The van der Waals surface area contributed by atoms with Gasteiger partial charge in [-0.2, -0.15) is 0 Å². The van der Waals surface area contributed by atoms with Crippen LogP contribution in [0.1, 0.15) is 23.2 Å². The minimum Gasteiger partial charge on any atom is -0.348 e. The van der Waals surface area contributed by atoms with Crippen molar-refractivity contribution in [3.8, 4) is 0 Å². The average molecular weight is 240 g/mol. The standard InChI is InChI=1S/C12H14F2N2O/c13-8-3-4-10(11(14)6-8)12(17)16-9-2-1-5-15-7-9/h3-4,6,9,15H,1-2,5,7H2,(H,16,17)/t9-/m0/s1. The number of hydrogen-bond acceptors (Lipinski definition) is 2. The van der Waals surface area contributed by atoms with Gasteiger partial charge in [0.25, 0.3) is 5.91 Å². The molecule has 1 aromatic rings. The highest BCUT2D eigenvalue weighted by atomic mass is 19.1. The molecule has 0 aliphatic carbocycles. The molecular weight excluding hydrogens is 226 g/mol. The van der Waals surface area contributed by atoms with Crippen molar-refractivity contribution in [2.24, 2.45) is 0 Å². The maximum atomic E-state index is 13.3. The van der Waals surface area contributed by atoms with E-state index in [1.54, 1.807) is 0 Å². The molecule has 1 saturated heterocycles. The highest BCUT2D eigenvalue weighted by molar-refractivity contribution is 5.94. The van der Waals surface area contributed by atoms with Crippen LogP contribution in [0.25, 0.3) is 0 Å². The van der Waals surface area contributed by atoms with Gasteiger partial charge in [0.1, 0.15) is 11.6 Å². The highest BCUT2D eigenvalue weighted by Gasteiger charge is 2.18. The topological polar surface area (TPSA) is 41.1 Å². The maximum Gasteiger partial charge on any atom is 0.254 e. The number of carbonyl (C=O) groups is 1. The van der Waals surface area contributed by atoms with E-state index in [4.69, 9.17) is 0 Å². The summed E-state index contributed by atoms with van der Waals surface area (Å²) in [4.78, 5) is 11.7. The summed E-state index contributed by atoms with van der Waals surface area (Å²) in [6.45, 7) is 1.63. The maximum absolute atomic E-state index is 13.3. The van der Waals surface area contributed by atoms with Crippen molar-refractivity contribution in [2.45, 2.75) is 18.9 Å². The Morgan fingerprint density at radius 1 is 1.41 bits per heavy atom. The van der Waals surface area contributed by atoms with Gasteiger partial charge >= 0.3 is 0 Å². The molecule has 0 radical (unpaired) electrons. The SMILES string of the molecule is O=C(N[C@H]1CCCNC1)c1ccc(F)cc1F. The molecule has 1 atom stereocenters. The molecule has 1 aromatic carbocycles. The van der Waals surface area contributed by atoms with Crippen LogP contribution in [0.15, 0.2) is 18.2 Å². The molecule has 1 amide bonds. The van der Waals surface area contributed by atoms with Gasteiger partial charge in [-0.3, -0.25) is 4.79 Å². The normalized spacial score (nSPS) is 20.0. The first-order valence-corrected chi connectivity index (χ1v) is 5.63. The lowest BCUT2D eigenvalue weighted by molar-refractivity contribution is 0.0926. The summed E-state index contributed by atoms with van der Waals surface area (Å²) in [5.74, 6) is -2.00. The summed E-state index contributed by atoms with van der Waals surface area (Å²) in [7, 11) is 0. The summed E-state index contributed by atoms with van der Waals surface area (Å²) in [6.07, 6.45) is 1.86. The lowest BCUT2D eigenvalue weighted by Crippen LogP contribution is -2.45. The fourth-order valence-corrected chi connectivity index (χ4v) is 1.91. The Morgan fingerprint density at radius 2 is 2.24 bits per heavy atom. The monoisotopic (exact) mass is 240 g/mol. The van der Waals surface area contributed by atoms with Crippen LogP contribution in [0.4, 0.5) is 8.78 Å². The molecule has 0 unspecified atom stereocenters. The zero-order chi connectivity index (χ0) is 12.3. The molecule has 0 aromatic heterocycles. The van der Waals surface area contributed by atoms with E-state index in [2.05, 4.69) is 10.6 Å². The van der Waals surface area contributed by atoms with Crippen LogP contribution >= 0.6 is 0 Å². The number of nitrogens with one attached hydrogen (secondary N) is 2. The molecule has 1 aliphatic rings. The third-order valence-electron chi connectivity index (χ3n) is 2.81. The van der Waals surface area contributed by atoms with Gasteiger partial charge in [0.15, 0.2) is 0 Å². The summed E-state index contributed by atoms with van der Waals surface area (Å²) in [5, 5.41) is 5.88. The quantitative estimate of drug-likeness (QED) is 0.821. The molecule has 1 heterocycles. The van der Waals surface area contributed by atoms with Crippen LogP contribution < -0.4 is 10.6 Å². The molecule has 17 heavy (non-hydrogen) atoms. The van der Waals surface area contributed by atoms with Crippen LogP contribution in [0.3, 0.4) is 0 Å². The first-order chi connectivity index (χ1) is 8.16. The van der Waals surface area contributed by atoms with Crippen molar-refractivity contribution < 1.29 is 13.6 Å². The molecule has 3 nitrogen and oxygen atoms in total. The molecule has 5 heteroatoms. The Morgan fingerprint density at radius 3 is 2.88 bits per heavy atom. The van der Waals surface area contributed by atoms with Crippen molar-refractivity contribution in [3.05, 3.63) is 35.4 Å². The number of carbonyl (C=O) groups excluding carboxylic acids is 1. The first kappa shape index (κ1) is 12.0. The van der Waals surface area contributed by atoms with Crippen molar-refractivity contribution in [1.82, 2.24) is 10.6 Å². The van der Waals surface area contributed by atoms with Crippen LogP contribution in [-0.4, -0.2) is 25.0 Å². The Kier molecular flexibility index (Phi) is 3.68. The minimum atomic E-state index is -0.828. The third-order valence-corrected chi connectivity index (χ3v) is 2.81. The number of benzene rings is 1. The second-order valence-corrected chi connectivity index (χ2v) is 4.14. The number of rotatable bonds is 2. The number of piperidine rings is 1. The van der Waals surface area contributed by atoms with Crippen molar-refractivity contribution in [2.75, 3.05) is 13.1 Å². The molecule has 0 spiro atoms. The molecular formula is C12H14F2N2O. The van der Waals surface area contributed by atoms with E-state index in [0.717, 1.165) is 31.5 Å². The lowest BCUT2D eigenvalue weighted by atomic mass is 10.1. The summed E-state index contributed by atoms with van der Waals surface area (Å²) in [5.41, 5.74) is -0.114. The first-order valence-electron chi connectivity index (χ1n) is 5.63. The molecule has 0 bridgehead atoms. The molecule has 92 valence electrons. The van der Waals surface area contributed by atoms with E-state index >= 15 is 0 Å². The average Bonchev–Trinajstić information content (AvgIpc) is 2.30. The smallest absolute Gasteiger partial charge is 0.254 e. The van der Waals surface area contributed by atoms with Crippen LogP contribution in [0.5, 0.6) is 0 Å². The van der Waals surface area contributed by atoms with Gasteiger partial charge in [0.2, 0.25) is 0 Å². The molecule has 2 N–H and O–H groups in total. The second kappa shape index (κ2) is 5.23. The van der Waals surface area contributed by atoms with Crippen LogP contribution in [0.2, 0.25) is 0 Å². The third kappa shape index (κ3) is 3.00. The van der Waals surface area contributed by atoms with E-state index in [0.29, 0.717) is 12.6 Å². The Bertz CT molecular complexity index is 417. The lowest BCUT2D eigenvalue weighted by Gasteiger charge is -2.23. The van der Waals surface area contributed by atoms with Gasteiger partial charge in [-0.05, 0) is 31.5 Å². The summed E-state index contributed by atoms with van der Waals surface area (Å²) >= 11 is 0. The fraction of sp³-hybridized carbons (Fsp3) is 0.417. The van der Waals surface area contributed by atoms with Crippen LogP contribution in [0, 0.1) is 11.6 Å². The van der Waals surface area contributed by atoms with Gasteiger partial charge in [0, 0.05) is 18.7 Å². The van der Waals surface area contributed by atoms with Gasteiger partial charge in [-0.1, -0.05) is 0 Å². The van der Waals surface area contributed by atoms with Gasteiger partial charge in [0.05, 0.1) is 5.56 Å². The molecule has 1 fully saturated rings. The van der Waals surface area contributed by atoms with E-state index < -0.39 is 17.5 Å². The predicted octanol–water partition coefficient (Wildman–Crippen LogP) is 1.45. The van der Waals surface area contributed by atoms with E-state index in [-0.39, 0.29) is 11.6 Å². The van der Waals surface area contributed by atoms with Gasteiger partial charge in [-0.25, -0.2) is 8.78 Å². The van der Waals surface area contributed by atoms with E-state index in [1.165, 1.54) is 0 Å². The summed E-state index contributed by atoms with van der Waals surface area (Å²) in [6, 6.07) is 2.97. The zero-order valence-corrected chi connectivity index (χ0v) is 9.30. The van der Waals surface area contributed by atoms with Gasteiger partial charge in [-0.15, -0.1) is 0 Å². The van der Waals surface area contributed by atoms with E-state index in [9.17, 15) is 13.6 Å². The summed E-state index contributed by atoms with van der Waals surface area (Å²) < 4.78 is 26.0. The van der Waals surface area contributed by atoms with Crippen molar-refractivity contribution in [3.63, 3.8) is 0 Å². The van der Waals surface area contributed by atoms with E-state index in [1.807, 2.05) is 0 Å². The largest absolute Gasteiger partial charge is 0.348 e. The Hall–Kier alpha value is -1.49. The minimum absolute atomic E-state index is 0.0145. The van der Waals surface area contributed by atoms with Crippen molar-refractivity contribution >= 4 is 5.91 Å².